The minimum atomic E-state index is -0.551. The van der Waals surface area contributed by atoms with Gasteiger partial charge in [-0.15, -0.1) is 0 Å². The van der Waals surface area contributed by atoms with Crippen molar-refractivity contribution in [2.24, 2.45) is 5.73 Å². The Bertz CT molecular complexity index is 741. The van der Waals surface area contributed by atoms with Crippen molar-refractivity contribution >= 4 is 11.8 Å². The molecule has 2 aromatic carbocycles. The van der Waals surface area contributed by atoms with Crippen LogP contribution in [0.5, 0.6) is 5.75 Å². The zero-order valence-electron chi connectivity index (χ0n) is 15.5. The molecule has 4 N–H and O–H groups in total. The topological polar surface area (TPSA) is 70.8 Å². The number of methoxy groups -OCH3 is 1. The second-order valence-corrected chi connectivity index (χ2v) is 7.59. The Hall–Kier alpha value is -1.99. The predicted octanol–water partition coefficient (Wildman–Crippen LogP) is 2.52. The first-order valence-corrected chi connectivity index (χ1v) is 10.0. The molecule has 27 heavy (non-hydrogen) atoms. The van der Waals surface area contributed by atoms with E-state index in [4.69, 9.17) is 10.5 Å². The molecule has 2 aromatic rings. The molecule has 1 aliphatic heterocycles. The van der Waals surface area contributed by atoms with E-state index in [1.165, 1.54) is 5.56 Å². The SMILES string of the molecule is COc1cccc(CNC[C@@H](O)[C@H](Cc2ccccc2)N2C=CSC2N)c1. The summed E-state index contributed by atoms with van der Waals surface area (Å²) in [5, 5.41) is 16.2. The lowest BCUT2D eigenvalue weighted by Crippen LogP contribution is -2.50. The second kappa shape index (κ2) is 9.80. The van der Waals surface area contributed by atoms with Gasteiger partial charge < -0.3 is 25.8 Å². The van der Waals surface area contributed by atoms with Crippen molar-refractivity contribution in [2.45, 2.75) is 30.6 Å². The monoisotopic (exact) mass is 385 g/mol. The van der Waals surface area contributed by atoms with Gasteiger partial charge in [-0.1, -0.05) is 54.2 Å². The van der Waals surface area contributed by atoms with Gasteiger partial charge in [0.2, 0.25) is 0 Å². The van der Waals surface area contributed by atoms with E-state index in [1.54, 1.807) is 18.9 Å². The van der Waals surface area contributed by atoms with Crippen LogP contribution in [0.3, 0.4) is 0 Å². The van der Waals surface area contributed by atoms with Gasteiger partial charge in [0, 0.05) is 19.3 Å². The van der Waals surface area contributed by atoms with Crippen molar-refractivity contribution in [2.75, 3.05) is 13.7 Å². The third-order valence-electron chi connectivity index (χ3n) is 4.68. The zero-order valence-corrected chi connectivity index (χ0v) is 16.3. The van der Waals surface area contributed by atoms with Gasteiger partial charge in [-0.2, -0.15) is 0 Å². The molecule has 0 bridgehead atoms. The lowest BCUT2D eigenvalue weighted by atomic mass is 10.00. The van der Waals surface area contributed by atoms with E-state index in [1.807, 2.05) is 54.1 Å². The van der Waals surface area contributed by atoms with Crippen LogP contribution in [0.1, 0.15) is 11.1 Å². The van der Waals surface area contributed by atoms with Gasteiger partial charge in [0.05, 0.1) is 19.3 Å². The summed E-state index contributed by atoms with van der Waals surface area (Å²) >= 11 is 1.56. The van der Waals surface area contributed by atoms with Crippen molar-refractivity contribution in [1.82, 2.24) is 10.2 Å². The molecule has 144 valence electrons. The lowest BCUT2D eigenvalue weighted by molar-refractivity contribution is 0.0703. The van der Waals surface area contributed by atoms with Gasteiger partial charge in [0.25, 0.3) is 0 Å². The number of aliphatic hydroxyl groups excluding tert-OH is 1. The third-order valence-corrected chi connectivity index (χ3v) is 5.48. The summed E-state index contributed by atoms with van der Waals surface area (Å²) in [5.41, 5.74) is 8.35. The molecule has 0 fully saturated rings. The van der Waals surface area contributed by atoms with Crippen molar-refractivity contribution in [3.05, 3.63) is 77.3 Å². The predicted molar refractivity (Wildman–Crippen MR) is 111 cm³/mol. The molecule has 0 saturated carbocycles. The van der Waals surface area contributed by atoms with E-state index >= 15 is 0 Å². The summed E-state index contributed by atoms with van der Waals surface area (Å²) in [6.07, 6.45) is 2.17. The molecule has 0 amide bonds. The third kappa shape index (κ3) is 5.49. The standard InChI is InChI=1S/C21H27N3O2S/c1-26-18-9-5-8-17(12-18)14-23-15-20(25)19(24-10-11-27-21(24)22)13-16-6-3-2-4-7-16/h2-12,19-21,23,25H,13-15,22H2,1H3/t19-,20+,21?/m0/s1. The van der Waals surface area contributed by atoms with Gasteiger partial charge in [-0.05, 0) is 35.1 Å². The quantitative estimate of drug-likeness (QED) is 0.616. The summed E-state index contributed by atoms with van der Waals surface area (Å²) in [6.45, 7) is 1.15. The molecule has 1 heterocycles. The molecule has 5 nitrogen and oxygen atoms in total. The average molecular weight is 386 g/mol. The van der Waals surface area contributed by atoms with Gasteiger partial charge >= 0.3 is 0 Å². The highest BCUT2D eigenvalue weighted by atomic mass is 32.2. The maximum Gasteiger partial charge on any atom is 0.129 e. The van der Waals surface area contributed by atoms with E-state index in [9.17, 15) is 5.11 Å². The number of nitrogens with two attached hydrogens (primary N) is 1. The Morgan fingerprint density at radius 3 is 2.67 bits per heavy atom. The first-order chi connectivity index (χ1) is 13.2. The largest absolute Gasteiger partial charge is 0.497 e. The maximum atomic E-state index is 10.9. The van der Waals surface area contributed by atoms with E-state index in [0.29, 0.717) is 13.1 Å². The van der Waals surface area contributed by atoms with Crippen LogP contribution in [-0.4, -0.2) is 41.3 Å². The van der Waals surface area contributed by atoms with Crippen molar-refractivity contribution in [3.63, 3.8) is 0 Å². The summed E-state index contributed by atoms with van der Waals surface area (Å²) in [5.74, 6) is 0.835. The number of thioether (sulfide) groups is 1. The highest BCUT2D eigenvalue weighted by Crippen LogP contribution is 2.26. The molecule has 3 rings (SSSR count). The van der Waals surface area contributed by atoms with Crippen LogP contribution < -0.4 is 15.8 Å². The number of nitrogens with one attached hydrogen (secondary N) is 1. The Balaban J connectivity index is 1.61. The highest BCUT2D eigenvalue weighted by Gasteiger charge is 2.30. The Labute approximate surface area is 165 Å². The van der Waals surface area contributed by atoms with Crippen LogP contribution in [-0.2, 0) is 13.0 Å². The summed E-state index contributed by atoms with van der Waals surface area (Å²) < 4.78 is 5.26. The normalized spacial score (nSPS) is 18.5. The fourth-order valence-electron chi connectivity index (χ4n) is 3.22. The molecule has 3 atom stereocenters. The minimum Gasteiger partial charge on any atom is -0.497 e. The smallest absolute Gasteiger partial charge is 0.129 e. The van der Waals surface area contributed by atoms with Crippen LogP contribution in [0.15, 0.2) is 66.2 Å². The van der Waals surface area contributed by atoms with E-state index in [2.05, 4.69) is 22.3 Å². The molecular weight excluding hydrogens is 358 g/mol. The Kier molecular flexibility index (Phi) is 7.18. The molecular formula is C21H27N3O2S. The van der Waals surface area contributed by atoms with E-state index in [-0.39, 0.29) is 11.5 Å². The maximum absolute atomic E-state index is 10.9. The van der Waals surface area contributed by atoms with E-state index in [0.717, 1.165) is 17.7 Å². The van der Waals surface area contributed by atoms with Crippen molar-refractivity contribution in [1.29, 1.82) is 0 Å². The fourth-order valence-corrected chi connectivity index (χ4v) is 3.96. The molecule has 0 spiro atoms. The average Bonchev–Trinajstić information content (AvgIpc) is 3.12. The Morgan fingerprint density at radius 2 is 1.96 bits per heavy atom. The molecule has 0 aromatic heterocycles. The summed E-state index contributed by atoms with van der Waals surface area (Å²) in [7, 11) is 1.66. The summed E-state index contributed by atoms with van der Waals surface area (Å²) in [6, 6.07) is 18.1. The number of benzene rings is 2. The van der Waals surface area contributed by atoms with Crippen LogP contribution in [0, 0.1) is 0 Å². The molecule has 6 heteroatoms. The molecule has 0 aliphatic carbocycles. The number of hydrogen-bond acceptors (Lipinski definition) is 6. The molecule has 1 aliphatic rings. The second-order valence-electron chi connectivity index (χ2n) is 6.57. The fraction of sp³-hybridized carbons (Fsp3) is 0.333. The number of ether oxygens (including phenoxy) is 1. The van der Waals surface area contributed by atoms with Crippen molar-refractivity contribution < 1.29 is 9.84 Å². The molecule has 0 radical (unpaired) electrons. The summed E-state index contributed by atoms with van der Waals surface area (Å²) in [4.78, 5) is 2.05. The molecule has 0 saturated heterocycles. The molecule has 1 unspecified atom stereocenters. The van der Waals surface area contributed by atoms with Crippen LogP contribution >= 0.6 is 11.8 Å². The van der Waals surface area contributed by atoms with Crippen molar-refractivity contribution in [3.8, 4) is 5.75 Å². The Morgan fingerprint density at radius 1 is 1.19 bits per heavy atom. The number of aliphatic hydroxyl groups is 1. The van der Waals surface area contributed by atoms with Gasteiger partial charge in [-0.25, -0.2) is 0 Å². The van der Waals surface area contributed by atoms with E-state index < -0.39 is 6.10 Å². The first kappa shape index (κ1) is 19.8. The zero-order chi connectivity index (χ0) is 19.1. The van der Waals surface area contributed by atoms with Crippen LogP contribution in [0.2, 0.25) is 0 Å². The first-order valence-electron chi connectivity index (χ1n) is 9.08. The van der Waals surface area contributed by atoms with Gasteiger partial charge in [0.15, 0.2) is 0 Å². The van der Waals surface area contributed by atoms with Crippen LogP contribution in [0.4, 0.5) is 0 Å². The highest BCUT2D eigenvalue weighted by molar-refractivity contribution is 8.02. The number of nitrogens with zero attached hydrogens (tertiary/aromatic N) is 1. The van der Waals surface area contributed by atoms with Gasteiger partial charge in [-0.3, -0.25) is 0 Å². The lowest BCUT2D eigenvalue weighted by Gasteiger charge is -2.35. The number of rotatable bonds is 9. The number of hydrogen-bond donors (Lipinski definition) is 3. The van der Waals surface area contributed by atoms with Gasteiger partial charge in [0.1, 0.15) is 11.2 Å². The minimum absolute atomic E-state index is 0.0912. The van der Waals surface area contributed by atoms with Crippen LogP contribution in [0.25, 0.3) is 0 Å².